The Hall–Kier alpha value is -1.34. The lowest BCUT2D eigenvalue weighted by molar-refractivity contribution is -0.140. The van der Waals surface area contributed by atoms with Gasteiger partial charge in [0.05, 0.1) is 23.8 Å². The number of hydrogen-bond donors (Lipinski definition) is 1. The quantitative estimate of drug-likeness (QED) is 0.670. The first-order chi connectivity index (χ1) is 9.31. The molecular formula is C12H12ClF4NO2. The molecule has 1 aromatic carbocycles. The number of hydrogen-bond acceptors (Lipinski definition) is 2. The average Bonchev–Trinajstić information content (AvgIpc) is 2.36. The lowest BCUT2D eigenvalue weighted by atomic mass is 10.1. The predicted octanol–water partition coefficient (Wildman–Crippen LogP) is 2.83. The second kappa shape index (κ2) is 6.90. The van der Waals surface area contributed by atoms with Gasteiger partial charge in [0.25, 0.3) is 5.91 Å². The van der Waals surface area contributed by atoms with Gasteiger partial charge in [-0.15, -0.1) is 11.6 Å². The third-order valence-electron chi connectivity index (χ3n) is 2.44. The molecule has 0 radical (unpaired) electrons. The third-order valence-corrected chi connectivity index (χ3v) is 2.81. The highest BCUT2D eigenvalue weighted by Crippen LogP contribution is 2.32. The number of carbonyl (C=O) groups excluding carboxylic acids is 1. The summed E-state index contributed by atoms with van der Waals surface area (Å²) in [6.07, 6.45) is -4.86. The number of alkyl halides is 4. The van der Waals surface area contributed by atoms with Crippen LogP contribution in [0.25, 0.3) is 0 Å². The van der Waals surface area contributed by atoms with Gasteiger partial charge in [0.2, 0.25) is 0 Å². The Morgan fingerprint density at radius 3 is 2.60 bits per heavy atom. The number of amides is 1. The van der Waals surface area contributed by atoms with Crippen LogP contribution in [0.1, 0.15) is 15.9 Å². The maximum Gasteiger partial charge on any atom is 0.419 e. The zero-order chi connectivity index (χ0) is 15.3. The van der Waals surface area contributed by atoms with E-state index in [0.29, 0.717) is 6.07 Å². The zero-order valence-corrected chi connectivity index (χ0v) is 11.2. The molecule has 0 heterocycles. The van der Waals surface area contributed by atoms with Crippen molar-refractivity contribution in [2.75, 3.05) is 19.6 Å². The van der Waals surface area contributed by atoms with Gasteiger partial charge in [-0.05, 0) is 12.1 Å². The molecule has 1 amide bonds. The zero-order valence-electron chi connectivity index (χ0n) is 10.4. The van der Waals surface area contributed by atoms with Crippen molar-refractivity contribution < 1.29 is 27.1 Å². The minimum atomic E-state index is -4.86. The van der Waals surface area contributed by atoms with Crippen LogP contribution in [0.5, 0.6) is 0 Å². The van der Waals surface area contributed by atoms with E-state index in [4.69, 9.17) is 16.3 Å². The smallest absolute Gasteiger partial charge is 0.383 e. The Morgan fingerprint density at radius 1 is 1.45 bits per heavy atom. The molecule has 8 heteroatoms. The Balaban J connectivity index is 3.00. The van der Waals surface area contributed by atoms with Gasteiger partial charge < -0.3 is 10.1 Å². The van der Waals surface area contributed by atoms with Crippen LogP contribution >= 0.6 is 11.6 Å². The van der Waals surface area contributed by atoms with E-state index >= 15 is 0 Å². The minimum absolute atomic E-state index is 0.0137. The molecule has 0 aromatic heterocycles. The molecule has 1 unspecified atom stereocenters. The number of halogens is 5. The second-order valence-corrected chi connectivity index (χ2v) is 4.25. The molecule has 0 saturated heterocycles. The largest absolute Gasteiger partial charge is 0.419 e. The van der Waals surface area contributed by atoms with Crippen molar-refractivity contribution in [3.05, 3.63) is 35.1 Å². The summed E-state index contributed by atoms with van der Waals surface area (Å²) < 4.78 is 56.1. The maximum absolute atomic E-state index is 13.7. The first kappa shape index (κ1) is 16.7. The fourth-order valence-electron chi connectivity index (χ4n) is 1.52. The average molecular weight is 314 g/mol. The van der Waals surface area contributed by atoms with Crippen molar-refractivity contribution in [3.8, 4) is 0 Å². The lowest BCUT2D eigenvalue weighted by Crippen LogP contribution is -2.39. The van der Waals surface area contributed by atoms with Gasteiger partial charge in [0.1, 0.15) is 5.82 Å². The Kier molecular flexibility index (Phi) is 5.76. The molecule has 0 fully saturated rings. The lowest BCUT2D eigenvalue weighted by Gasteiger charge is -2.16. The maximum atomic E-state index is 13.7. The van der Waals surface area contributed by atoms with E-state index in [-0.39, 0.29) is 12.5 Å². The number of rotatable bonds is 5. The summed E-state index contributed by atoms with van der Waals surface area (Å²) in [5.41, 5.74) is -2.18. The van der Waals surface area contributed by atoms with Crippen molar-refractivity contribution >= 4 is 17.5 Å². The van der Waals surface area contributed by atoms with Gasteiger partial charge in [-0.2, -0.15) is 13.2 Å². The van der Waals surface area contributed by atoms with Gasteiger partial charge in [-0.3, -0.25) is 4.79 Å². The van der Waals surface area contributed by atoms with Crippen LogP contribution in [0.3, 0.4) is 0 Å². The molecule has 0 bridgehead atoms. The van der Waals surface area contributed by atoms with Gasteiger partial charge >= 0.3 is 6.18 Å². The number of ether oxygens (including phenoxy) is 1. The fourth-order valence-corrected chi connectivity index (χ4v) is 1.68. The van der Waals surface area contributed by atoms with Crippen LogP contribution in [0.2, 0.25) is 0 Å². The molecule has 1 N–H and O–H groups in total. The number of nitrogens with one attached hydrogen (secondary N) is 1. The fraction of sp³-hybridized carbons (Fsp3) is 0.417. The molecule has 0 saturated carbocycles. The summed E-state index contributed by atoms with van der Waals surface area (Å²) >= 11 is 5.55. The first-order valence-corrected chi connectivity index (χ1v) is 6.06. The summed E-state index contributed by atoms with van der Waals surface area (Å²) in [6.45, 7) is 0.0653. The summed E-state index contributed by atoms with van der Waals surface area (Å²) in [6, 6.07) is 1.88. The van der Waals surface area contributed by atoms with Crippen molar-refractivity contribution in [2.45, 2.75) is 12.2 Å². The van der Waals surface area contributed by atoms with Crippen molar-refractivity contribution in [2.24, 2.45) is 0 Å². The normalized spacial score (nSPS) is 13.1. The number of carbonyl (C=O) groups is 1. The number of benzene rings is 1. The first-order valence-electron chi connectivity index (χ1n) is 5.52. The van der Waals surface area contributed by atoms with Crippen LogP contribution in [0.15, 0.2) is 18.2 Å². The monoisotopic (exact) mass is 313 g/mol. The molecule has 1 rings (SSSR count). The van der Waals surface area contributed by atoms with Crippen molar-refractivity contribution in [1.82, 2.24) is 5.32 Å². The van der Waals surface area contributed by atoms with Crippen molar-refractivity contribution in [3.63, 3.8) is 0 Å². The second-order valence-electron chi connectivity index (χ2n) is 3.94. The van der Waals surface area contributed by atoms with E-state index in [2.05, 4.69) is 5.32 Å². The Bertz CT molecular complexity index is 479. The highest BCUT2D eigenvalue weighted by molar-refractivity contribution is 6.18. The summed E-state index contributed by atoms with van der Waals surface area (Å²) in [4.78, 5) is 11.8. The van der Waals surface area contributed by atoms with E-state index < -0.39 is 35.1 Å². The van der Waals surface area contributed by atoms with E-state index in [9.17, 15) is 22.4 Å². The Labute approximate surface area is 117 Å². The molecule has 20 heavy (non-hydrogen) atoms. The van der Waals surface area contributed by atoms with Crippen molar-refractivity contribution in [1.29, 1.82) is 0 Å². The van der Waals surface area contributed by atoms with Crippen LogP contribution in [-0.4, -0.2) is 31.5 Å². The molecule has 112 valence electrons. The molecule has 0 aliphatic rings. The Morgan fingerprint density at radius 2 is 2.10 bits per heavy atom. The molecule has 0 aliphatic heterocycles. The summed E-state index contributed by atoms with van der Waals surface area (Å²) in [7, 11) is 1.37. The summed E-state index contributed by atoms with van der Waals surface area (Å²) in [5.74, 6) is -2.60. The van der Waals surface area contributed by atoms with Crippen LogP contribution in [-0.2, 0) is 10.9 Å². The van der Waals surface area contributed by atoms with E-state index in [1.807, 2.05) is 0 Å². The highest BCUT2D eigenvalue weighted by atomic mass is 35.5. The van der Waals surface area contributed by atoms with Gasteiger partial charge in [-0.1, -0.05) is 6.07 Å². The van der Waals surface area contributed by atoms with Gasteiger partial charge in [-0.25, -0.2) is 4.39 Å². The van der Waals surface area contributed by atoms with Crippen LogP contribution < -0.4 is 5.32 Å². The topological polar surface area (TPSA) is 38.3 Å². The minimum Gasteiger partial charge on any atom is -0.383 e. The third kappa shape index (κ3) is 4.08. The molecule has 1 atom stereocenters. The molecule has 1 aromatic rings. The van der Waals surface area contributed by atoms with Gasteiger partial charge in [0, 0.05) is 13.0 Å². The highest BCUT2D eigenvalue weighted by Gasteiger charge is 2.35. The van der Waals surface area contributed by atoms with E-state index in [1.165, 1.54) is 7.11 Å². The molecule has 3 nitrogen and oxygen atoms in total. The molecule has 0 aliphatic carbocycles. The van der Waals surface area contributed by atoms with E-state index in [0.717, 1.165) is 12.1 Å². The molecule has 0 spiro atoms. The SMILES string of the molecule is COCC(CCl)NC(=O)c1cccc(C(F)(F)F)c1F. The van der Waals surface area contributed by atoms with E-state index in [1.54, 1.807) is 0 Å². The molecular weight excluding hydrogens is 302 g/mol. The standard InChI is InChI=1S/C12H12ClF4NO2/c1-20-6-7(5-13)18-11(19)8-3-2-4-9(10(8)14)12(15,16)17/h2-4,7H,5-6H2,1H3,(H,18,19). The number of methoxy groups -OCH3 is 1. The predicted molar refractivity (Wildman–Crippen MR) is 65.3 cm³/mol. The summed E-state index contributed by atoms with van der Waals surface area (Å²) in [5, 5.41) is 2.30. The van der Waals surface area contributed by atoms with Crippen LogP contribution in [0, 0.1) is 5.82 Å². The van der Waals surface area contributed by atoms with Crippen LogP contribution in [0.4, 0.5) is 17.6 Å². The van der Waals surface area contributed by atoms with Gasteiger partial charge in [0.15, 0.2) is 0 Å².